The van der Waals surface area contributed by atoms with Gasteiger partial charge >= 0.3 is 0 Å². The average Bonchev–Trinajstić information content (AvgIpc) is 2.77. The van der Waals surface area contributed by atoms with Crippen molar-refractivity contribution >= 4 is 35.6 Å². The summed E-state index contributed by atoms with van der Waals surface area (Å²) >= 11 is 1.33. The molecule has 0 N–H and O–H groups in total. The van der Waals surface area contributed by atoms with Crippen molar-refractivity contribution in [3.8, 4) is 0 Å². The van der Waals surface area contributed by atoms with E-state index in [1.807, 2.05) is 30.3 Å². The lowest BCUT2D eigenvalue weighted by molar-refractivity contribution is -0.111. The molecule has 0 bridgehead atoms. The van der Waals surface area contributed by atoms with Crippen molar-refractivity contribution in [3.05, 3.63) is 91.0 Å². The Balaban J connectivity index is 1.68. The number of rotatable bonds is 9. The minimum atomic E-state index is -2.48. The maximum Gasteiger partial charge on any atom is 0.261 e. The zero-order chi connectivity index (χ0) is 22.2. The summed E-state index contributed by atoms with van der Waals surface area (Å²) in [6.07, 6.45) is 2.30. The van der Waals surface area contributed by atoms with Crippen LogP contribution in [0, 0.1) is 0 Å². The van der Waals surface area contributed by atoms with E-state index in [2.05, 4.69) is 81.4 Å². The van der Waals surface area contributed by atoms with Crippen molar-refractivity contribution in [3.63, 3.8) is 0 Å². The molecule has 0 saturated carbocycles. The van der Waals surface area contributed by atoms with E-state index in [-0.39, 0.29) is 10.2 Å². The lowest BCUT2D eigenvalue weighted by Gasteiger charge is -2.43. The highest BCUT2D eigenvalue weighted by molar-refractivity contribution is 8.13. The van der Waals surface area contributed by atoms with Gasteiger partial charge < -0.3 is 4.43 Å². The Morgan fingerprint density at radius 3 is 1.74 bits per heavy atom. The molecule has 0 aliphatic heterocycles. The Morgan fingerprint density at radius 1 is 0.774 bits per heavy atom. The van der Waals surface area contributed by atoms with Gasteiger partial charge in [0.15, 0.2) is 5.12 Å². The highest BCUT2D eigenvalue weighted by Crippen LogP contribution is 2.36. The Hall–Kier alpha value is -2.14. The number of carbonyl (C=O) groups excluding carboxylic acids is 1. The molecule has 0 radical (unpaired) electrons. The second kappa shape index (κ2) is 10.9. The SMILES string of the molecule is CC(C)(C)[Si](OCCCCC(=O)Sc1ccccc1)(c1ccccc1)c1ccccc1. The van der Waals surface area contributed by atoms with Gasteiger partial charge in [0.1, 0.15) is 0 Å². The first-order valence-corrected chi connectivity index (χ1v) is 13.7. The van der Waals surface area contributed by atoms with Gasteiger partial charge in [-0.2, -0.15) is 0 Å². The van der Waals surface area contributed by atoms with E-state index in [9.17, 15) is 4.79 Å². The molecule has 0 amide bonds. The molecule has 2 nitrogen and oxygen atoms in total. The minimum Gasteiger partial charge on any atom is -0.407 e. The van der Waals surface area contributed by atoms with Gasteiger partial charge in [-0.3, -0.25) is 4.79 Å². The molecule has 0 heterocycles. The van der Waals surface area contributed by atoms with E-state index < -0.39 is 8.32 Å². The van der Waals surface area contributed by atoms with Crippen molar-refractivity contribution in [2.75, 3.05) is 6.61 Å². The third kappa shape index (κ3) is 5.97. The van der Waals surface area contributed by atoms with Crippen LogP contribution in [0.5, 0.6) is 0 Å². The number of hydrogen-bond acceptors (Lipinski definition) is 3. The molecule has 0 aliphatic rings. The van der Waals surface area contributed by atoms with Crippen molar-refractivity contribution in [1.29, 1.82) is 0 Å². The molecule has 3 aromatic rings. The number of thioether (sulfide) groups is 1. The monoisotopic (exact) mass is 448 g/mol. The quantitative estimate of drug-likeness (QED) is 0.226. The van der Waals surface area contributed by atoms with Gasteiger partial charge in [0.25, 0.3) is 8.32 Å². The van der Waals surface area contributed by atoms with Crippen LogP contribution in [0.2, 0.25) is 5.04 Å². The molecule has 0 spiro atoms. The lowest BCUT2D eigenvalue weighted by atomic mass is 10.2. The van der Waals surface area contributed by atoms with Gasteiger partial charge in [0.2, 0.25) is 0 Å². The van der Waals surface area contributed by atoms with Crippen LogP contribution in [0.3, 0.4) is 0 Å². The summed E-state index contributed by atoms with van der Waals surface area (Å²) in [5.41, 5.74) is 0. The first kappa shape index (κ1) is 23.5. The van der Waals surface area contributed by atoms with Gasteiger partial charge in [-0.1, -0.05) is 111 Å². The lowest BCUT2D eigenvalue weighted by Crippen LogP contribution is -2.66. The van der Waals surface area contributed by atoms with Crippen LogP contribution >= 0.6 is 11.8 Å². The van der Waals surface area contributed by atoms with E-state index in [1.165, 1.54) is 22.1 Å². The topological polar surface area (TPSA) is 26.3 Å². The number of carbonyl (C=O) groups is 1. The Morgan fingerprint density at radius 2 is 1.26 bits per heavy atom. The zero-order valence-corrected chi connectivity index (χ0v) is 20.5. The Bertz CT molecular complexity index is 898. The van der Waals surface area contributed by atoms with Crippen molar-refractivity contribution in [2.24, 2.45) is 0 Å². The van der Waals surface area contributed by atoms with Crippen LogP contribution in [0.1, 0.15) is 40.0 Å². The molecular weight excluding hydrogens is 416 g/mol. The summed E-state index contributed by atoms with van der Waals surface area (Å²) in [5.74, 6) is 0. The first-order chi connectivity index (χ1) is 14.9. The maximum absolute atomic E-state index is 12.3. The fourth-order valence-corrected chi connectivity index (χ4v) is 9.44. The van der Waals surface area contributed by atoms with Crippen molar-refractivity contribution in [2.45, 2.75) is 50.0 Å². The fraction of sp³-hybridized carbons (Fsp3) is 0.296. The predicted octanol–water partition coefficient (Wildman–Crippen LogP) is 6.05. The van der Waals surface area contributed by atoms with E-state index >= 15 is 0 Å². The molecule has 3 aromatic carbocycles. The summed E-state index contributed by atoms with van der Waals surface area (Å²) in [4.78, 5) is 13.3. The highest BCUT2D eigenvalue weighted by atomic mass is 32.2. The fourth-order valence-electron chi connectivity index (χ4n) is 4.03. The van der Waals surface area contributed by atoms with Gasteiger partial charge in [-0.05, 0) is 40.4 Å². The van der Waals surface area contributed by atoms with Crippen LogP contribution < -0.4 is 10.4 Å². The molecule has 0 atom stereocenters. The molecule has 0 aromatic heterocycles. The van der Waals surface area contributed by atoms with E-state index in [1.54, 1.807) is 0 Å². The van der Waals surface area contributed by atoms with E-state index in [4.69, 9.17) is 4.43 Å². The summed E-state index contributed by atoms with van der Waals surface area (Å²) in [7, 11) is -2.48. The molecule has 0 aliphatic carbocycles. The third-order valence-corrected chi connectivity index (χ3v) is 11.5. The maximum atomic E-state index is 12.3. The van der Waals surface area contributed by atoms with Gasteiger partial charge in [0.05, 0.1) is 0 Å². The van der Waals surface area contributed by atoms with Crippen LogP contribution in [-0.4, -0.2) is 20.0 Å². The second-order valence-electron chi connectivity index (χ2n) is 8.76. The van der Waals surface area contributed by atoms with Crippen LogP contribution in [-0.2, 0) is 9.22 Å². The largest absolute Gasteiger partial charge is 0.407 e. The predicted molar refractivity (Wildman–Crippen MR) is 135 cm³/mol. The van der Waals surface area contributed by atoms with Crippen molar-refractivity contribution < 1.29 is 9.22 Å². The van der Waals surface area contributed by atoms with Gasteiger partial charge in [-0.25, -0.2) is 0 Å². The molecule has 0 unspecified atom stereocenters. The second-order valence-corrected chi connectivity index (χ2v) is 14.2. The first-order valence-electron chi connectivity index (χ1n) is 10.9. The standard InChI is InChI=1S/C27H32O2SSi/c1-27(2,3)31(24-17-9-5-10-18-24,25-19-11-6-12-20-25)29-22-14-13-21-26(28)30-23-15-7-4-8-16-23/h4-12,15-20H,13-14,21-22H2,1-3H3. The number of unbranched alkanes of at least 4 members (excludes halogenated alkanes) is 1. The normalized spacial score (nSPS) is 12.0. The molecule has 4 heteroatoms. The molecule has 0 fully saturated rings. The smallest absolute Gasteiger partial charge is 0.261 e. The van der Waals surface area contributed by atoms with Crippen molar-refractivity contribution in [1.82, 2.24) is 0 Å². The Kier molecular flexibility index (Phi) is 8.30. The molecule has 3 rings (SSSR count). The zero-order valence-electron chi connectivity index (χ0n) is 18.7. The molecule has 0 saturated heterocycles. The van der Waals surface area contributed by atoms with Crippen LogP contribution in [0.4, 0.5) is 0 Å². The average molecular weight is 449 g/mol. The highest BCUT2D eigenvalue weighted by Gasteiger charge is 2.49. The minimum absolute atomic E-state index is 0.0192. The number of hydrogen-bond donors (Lipinski definition) is 0. The van der Waals surface area contributed by atoms with E-state index in [0.29, 0.717) is 13.0 Å². The summed E-state index contributed by atoms with van der Waals surface area (Å²) in [6.45, 7) is 7.54. The number of benzene rings is 3. The summed E-state index contributed by atoms with van der Waals surface area (Å²) in [6, 6.07) is 31.3. The van der Waals surface area contributed by atoms with E-state index in [0.717, 1.165) is 17.7 Å². The Labute approximate surface area is 192 Å². The van der Waals surface area contributed by atoms with Gasteiger partial charge in [-0.15, -0.1) is 0 Å². The van der Waals surface area contributed by atoms with Gasteiger partial charge in [0, 0.05) is 17.9 Å². The molecule has 31 heavy (non-hydrogen) atoms. The van der Waals surface area contributed by atoms with Crippen LogP contribution in [0.25, 0.3) is 0 Å². The third-order valence-electron chi connectivity index (χ3n) is 5.49. The molecule has 162 valence electrons. The van der Waals surface area contributed by atoms with Crippen LogP contribution in [0.15, 0.2) is 95.9 Å². The molecular formula is C27H32O2SSi. The summed E-state index contributed by atoms with van der Waals surface area (Å²) in [5, 5.41) is 2.79. The summed E-state index contributed by atoms with van der Waals surface area (Å²) < 4.78 is 6.89.